The molecular weight excluding hydrogens is 288 g/mol. The number of hydrogen-bond acceptors (Lipinski definition) is 4. The summed E-state index contributed by atoms with van der Waals surface area (Å²) in [6, 6.07) is 1.64. The maximum Gasteiger partial charge on any atom is 0.242 e. The van der Waals surface area contributed by atoms with Gasteiger partial charge in [-0.05, 0) is 44.5 Å². The van der Waals surface area contributed by atoms with Crippen LogP contribution in [0.3, 0.4) is 0 Å². The van der Waals surface area contributed by atoms with Gasteiger partial charge in [0.15, 0.2) is 0 Å². The molecule has 1 aromatic heterocycles. The summed E-state index contributed by atoms with van der Waals surface area (Å²) >= 11 is 0. The van der Waals surface area contributed by atoms with Crippen LogP contribution in [0.25, 0.3) is 0 Å². The van der Waals surface area contributed by atoms with Crippen molar-refractivity contribution in [1.29, 1.82) is 0 Å². The minimum absolute atomic E-state index is 0.302. The summed E-state index contributed by atoms with van der Waals surface area (Å²) in [6.07, 6.45) is 3.72. The van der Waals surface area contributed by atoms with Gasteiger partial charge in [-0.15, -0.1) is 0 Å². The van der Waals surface area contributed by atoms with E-state index in [9.17, 15) is 8.42 Å². The van der Waals surface area contributed by atoms with E-state index in [2.05, 4.69) is 16.5 Å². The van der Waals surface area contributed by atoms with Crippen LogP contribution in [0.2, 0.25) is 0 Å². The van der Waals surface area contributed by atoms with Crippen LogP contribution in [0.1, 0.15) is 25.5 Å². The molecule has 2 rings (SSSR count). The van der Waals surface area contributed by atoms with Crippen LogP contribution >= 0.6 is 0 Å². The molecule has 1 aliphatic rings. The molecule has 120 valence electrons. The van der Waals surface area contributed by atoms with Gasteiger partial charge in [0.2, 0.25) is 10.0 Å². The Balaban J connectivity index is 1.92. The van der Waals surface area contributed by atoms with Crippen molar-refractivity contribution in [2.24, 2.45) is 18.7 Å². The molecule has 1 saturated heterocycles. The normalized spacial score (nSPS) is 18.2. The van der Waals surface area contributed by atoms with E-state index in [0.29, 0.717) is 23.9 Å². The molecule has 0 amide bonds. The zero-order chi connectivity index (χ0) is 15.5. The second-order valence-electron chi connectivity index (χ2n) is 5.71. The average molecular weight is 314 g/mol. The Labute approximate surface area is 127 Å². The molecule has 3 N–H and O–H groups in total. The number of nitrogens with zero attached hydrogens (tertiary/aromatic N) is 2. The van der Waals surface area contributed by atoms with Crippen LogP contribution in [0, 0.1) is 5.92 Å². The van der Waals surface area contributed by atoms with Gasteiger partial charge >= 0.3 is 0 Å². The zero-order valence-electron chi connectivity index (χ0n) is 12.9. The molecule has 7 heteroatoms. The quantitative estimate of drug-likeness (QED) is 0.801. The second-order valence-corrected chi connectivity index (χ2v) is 7.48. The third-order valence-electron chi connectivity index (χ3n) is 4.32. The Morgan fingerprint density at radius 2 is 2.05 bits per heavy atom. The highest BCUT2D eigenvalue weighted by atomic mass is 32.2. The first-order valence-electron chi connectivity index (χ1n) is 7.53. The summed E-state index contributed by atoms with van der Waals surface area (Å²) in [5.41, 5.74) is 6.40. The Morgan fingerprint density at radius 3 is 2.57 bits per heavy atom. The summed E-state index contributed by atoms with van der Waals surface area (Å²) < 4.78 is 29.1. The molecule has 0 aromatic carbocycles. The van der Waals surface area contributed by atoms with Crippen LogP contribution in [0.4, 0.5) is 0 Å². The van der Waals surface area contributed by atoms with Gasteiger partial charge in [0.1, 0.15) is 0 Å². The van der Waals surface area contributed by atoms with E-state index in [1.807, 2.05) is 7.05 Å². The zero-order valence-corrected chi connectivity index (χ0v) is 13.7. The van der Waals surface area contributed by atoms with Crippen molar-refractivity contribution < 1.29 is 8.42 Å². The van der Waals surface area contributed by atoms with Gasteiger partial charge in [0, 0.05) is 32.0 Å². The summed E-state index contributed by atoms with van der Waals surface area (Å²) in [4.78, 5) is 2.70. The van der Waals surface area contributed by atoms with Gasteiger partial charge in [-0.3, -0.25) is 0 Å². The van der Waals surface area contributed by atoms with Crippen molar-refractivity contribution >= 4 is 10.0 Å². The summed E-state index contributed by atoms with van der Waals surface area (Å²) in [7, 11) is -1.62. The van der Waals surface area contributed by atoms with Crippen molar-refractivity contribution in [2.45, 2.75) is 31.2 Å². The lowest BCUT2D eigenvalue weighted by molar-refractivity contribution is 0.194. The highest BCUT2D eigenvalue weighted by Crippen LogP contribution is 2.18. The highest BCUT2D eigenvalue weighted by molar-refractivity contribution is 7.89. The maximum atomic E-state index is 12.3. The topological polar surface area (TPSA) is 80.4 Å². The monoisotopic (exact) mass is 314 g/mol. The van der Waals surface area contributed by atoms with Crippen molar-refractivity contribution in [3.05, 3.63) is 18.0 Å². The van der Waals surface area contributed by atoms with Gasteiger partial charge in [0.05, 0.1) is 4.90 Å². The molecule has 0 bridgehead atoms. The van der Waals surface area contributed by atoms with Gasteiger partial charge in [-0.25, -0.2) is 13.1 Å². The van der Waals surface area contributed by atoms with E-state index in [4.69, 9.17) is 5.73 Å². The first-order valence-corrected chi connectivity index (χ1v) is 9.02. The van der Waals surface area contributed by atoms with E-state index >= 15 is 0 Å². The van der Waals surface area contributed by atoms with Gasteiger partial charge in [-0.2, -0.15) is 0 Å². The van der Waals surface area contributed by atoms with Crippen molar-refractivity contribution in [3.63, 3.8) is 0 Å². The van der Waals surface area contributed by atoms with Gasteiger partial charge in [0.25, 0.3) is 0 Å². The predicted molar refractivity (Wildman–Crippen MR) is 83.3 cm³/mol. The molecule has 2 heterocycles. The number of aromatic nitrogens is 1. The van der Waals surface area contributed by atoms with Crippen LogP contribution in [-0.2, 0) is 23.6 Å². The highest BCUT2D eigenvalue weighted by Gasteiger charge is 2.22. The lowest BCUT2D eigenvalue weighted by Crippen LogP contribution is -2.38. The standard InChI is InChI=1S/C14H26N4O2S/c1-3-18-6-4-12(5-7-18)10-16-21(19,20)14-8-13(9-15)17(2)11-14/h8,11-12,16H,3-7,9-10,15H2,1-2H3. The average Bonchev–Trinajstić information content (AvgIpc) is 2.88. The minimum atomic E-state index is -3.43. The lowest BCUT2D eigenvalue weighted by Gasteiger charge is -2.30. The number of piperidine rings is 1. The van der Waals surface area contributed by atoms with Crippen molar-refractivity contribution in [2.75, 3.05) is 26.2 Å². The summed E-state index contributed by atoms with van der Waals surface area (Å²) in [6.45, 7) is 6.21. The first kappa shape index (κ1) is 16.5. The number of aryl methyl sites for hydroxylation is 1. The largest absolute Gasteiger partial charge is 0.352 e. The third kappa shape index (κ3) is 4.06. The fourth-order valence-corrected chi connectivity index (χ4v) is 3.95. The van der Waals surface area contributed by atoms with Crippen molar-refractivity contribution in [1.82, 2.24) is 14.2 Å². The lowest BCUT2D eigenvalue weighted by atomic mass is 9.97. The molecule has 1 aromatic rings. The van der Waals surface area contributed by atoms with E-state index in [0.717, 1.165) is 38.2 Å². The van der Waals surface area contributed by atoms with E-state index in [-0.39, 0.29) is 0 Å². The molecule has 0 saturated carbocycles. The van der Waals surface area contributed by atoms with E-state index in [1.165, 1.54) is 0 Å². The van der Waals surface area contributed by atoms with Crippen LogP contribution in [0.5, 0.6) is 0 Å². The second kappa shape index (κ2) is 6.91. The number of nitrogens with two attached hydrogens (primary N) is 1. The molecular formula is C14H26N4O2S. The maximum absolute atomic E-state index is 12.3. The molecule has 1 aliphatic heterocycles. The van der Waals surface area contributed by atoms with Gasteiger partial charge < -0.3 is 15.2 Å². The smallest absolute Gasteiger partial charge is 0.242 e. The van der Waals surface area contributed by atoms with Crippen molar-refractivity contribution in [3.8, 4) is 0 Å². The SMILES string of the molecule is CCN1CCC(CNS(=O)(=O)c2cc(CN)n(C)c2)CC1. The molecule has 0 spiro atoms. The minimum Gasteiger partial charge on any atom is -0.352 e. The van der Waals surface area contributed by atoms with Crippen LogP contribution < -0.4 is 10.5 Å². The van der Waals surface area contributed by atoms with E-state index < -0.39 is 10.0 Å². The number of rotatable bonds is 6. The number of hydrogen-bond donors (Lipinski definition) is 2. The third-order valence-corrected chi connectivity index (χ3v) is 5.71. The number of nitrogens with one attached hydrogen (secondary N) is 1. The van der Waals surface area contributed by atoms with Crippen LogP contribution in [0.15, 0.2) is 17.2 Å². The Hall–Kier alpha value is -0.890. The molecule has 21 heavy (non-hydrogen) atoms. The molecule has 0 radical (unpaired) electrons. The molecule has 1 fully saturated rings. The fraction of sp³-hybridized carbons (Fsp3) is 0.714. The fourth-order valence-electron chi connectivity index (χ4n) is 2.74. The predicted octanol–water partition coefficient (Wildman–Crippen LogP) is 0.494. The van der Waals surface area contributed by atoms with Crippen LogP contribution in [-0.4, -0.2) is 44.1 Å². The Kier molecular flexibility index (Phi) is 5.43. The number of likely N-dealkylation sites (tertiary alicyclic amines) is 1. The molecule has 0 atom stereocenters. The molecule has 0 unspecified atom stereocenters. The number of sulfonamides is 1. The molecule has 0 aliphatic carbocycles. The Morgan fingerprint density at radius 1 is 1.38 bits per heavy atom. The van der Waals surface area contributed by atoms with E-state index in [1.54, 1.807) is 16.8 Å². The van der Waals surface area contributed by atoms with Gasteiger partial charge in [-0.1, -0.05) is 6.92 Å². The summed E-state index contributed by atoms with van der Waals surface area (Å²) in [5, 5.41) is 0. The summed E-state index contributed by atoms with van der Waals surface area (Å²) in [5.74, 6) is 0.431. The molecule has 6 nitrogen and oxygen atoms in total. The first-order chi connectivity index (χ1) is 9.96. The Bertz CT molecular complexity index is 560.